The summed E-state index contributed by atoms with van der Waals surface area (Å²) in [6.45, 7) is 1.94. The molecule has 0 spiro atoms. The van der Waals surface area contributed by atoms with Crippen LogP contribution in [0.2, 0.25) is 0 Å². The molecule has 0 atom stereocenters. The zero-order valence-corrected chi connectivity index (χ0v) is 15.8. The molecule has 4 aromatic rings. The van der Waals surface area contributed by atoms with Gasteiger partial charge in [-0.3, -0.25) is 5.10 Å². The Bertz CT molecular complexity index is 1110. The molecule has 0 aliphatic rings. The molecule has 28 heavy (non-hydrogen) atoms. The van der Waals surface area contributed by atoms with Crippen LogP contribution in [0.3, 0.4) is 0 Å². The van der Waals surface area contributed by atoms with Crippen LogP contribution in [-0.4, -0.2) is 29.4 Å². The van der Waals surface area contributed by atoms with Gasteiger partial charge < -0.3 is 19.5 Å². The van der Waals surface area contributed by atoms with Crippen molar-refractivity contribution >= 4 is 22.4 Å². The molecule has 2 aromatic carbocycles. The van der Waals surface area contributed by atoms with Crippen molar-refractivity contribution in [1.82, 2.24) is 15.2 Å². The standard InChI is InChI=1S/C21H20N4O3/c1-13-9-20(25-24-13)22-19-11-14-10-17(26-2)18(27-3)12-16(14)21(23-19)28-15-7-5-4-6-8-15/h4-12H,1-3H3,(H2,22,23,24,25). The summed E-state index contributed by atoms with van der Waals surface area (Å²) in [5.41, 5.74) is 0.954. The summed E-state index contributed by atoms with van der Waals surface area (Å²) in [7, 11) is 3.21. The normalized spacial score (nSPS) is 10.7. The van der Waals surface area contributed by atoms with E-state index in [1.807, 2.05) is 61.5 Å². The van der Waals surface area contributed by atoms with Crippen molar-refractivity contribution < 1.29 is 14.2 Å². The third-order valence-corrected chi connectivity index (χ3v) is 4.22. The Labute approximate surface area is 162 Å². The van der Waals surface area contributed by atoms with Crippen LogP contribution in [0.1, 0.15) is 5.69 Å². The van der Waals surface area contributed by atoms with Gasteiger partial charge in [0, 0.05) is 17.1 Å². The van der Waals surface area contributed by atoms with Gasteiger partial charge in [-0.2, -0.15) is 10.1 Å². The van der Waals surface area contributed by atoms with E-state index in [0.29, 0.717) is 34.8 Å². The Kier molecular flexibility index (Phi) is 4.72. The molecule has 0 saturated heterocycles. The molecular formula is C21H20N4O3. The first-order valence-electron chi connectivity index (χ1n) is 8.75. The summed E-state index contributed by atoms with van der Waals surface area (Å²) < 4.78 is 17.0. The number of aromatic nitrogens is 3. The van der Waals surface area contributed by atoms with Crippen LogP contribution in [0.4, 0.5) is 11.6 Å². The van der Waals surface area contributed by atoms with E-state index in [9.17, 15) is 0 Å². The summed E-state index contributed by atoms with van der Waals surface area (Å²) in [4.78, 5) is 4.65. The van der Waals surface area contributed by atoms with Gasteiger partial charge in [-0.05, 0) is 42.6 Å². The first-order valence-corrected chi connectivity index (χ1v) is 8.75. The number of nitrogens with one attached hydrogen (secondary N) is 2. The molecule has 0 bridgehead atoms. The van der Waals surface area contributed by atoms with Crippen molar-refractivity contribution in [3.05, 3.63) is 60.3 Å². The Hall–Kier alpha value is -3.74. The molecule has 0 aliphatic heterocycles. The molecule has 7 heteroatoms. The molecule has 7 nitrogen and oxygen atoms in total. The van der Waals surface area contributed by atoms with Crippen LogP contribution >= 0.6 is 0 Å². The maximum atomic E-state index is 6.07. The summed E-state index contributed by atoms with van der Waals surface area (Å²) in [5, 5.41) is 12.0. The zero-order chi connectivity index (χ0) is 19.5. The minimum Gasteiger partial charge on any atom is -0.493 e. The van der Waals surface area contributed by atoms with Crippen molar-refractivity contribution in [2.45, 2.75) is 6.92 Å². The van der Waals surface area contributed by atoms with E-state index in [-0.39, 0.29) is 0 Å². The monoisotopic (exact) mass is 376 g/mol. The summed E-state index contributed by atoms with van der Waals surface area (Å²) >= 11 is 0. The highest BCUT2D eigenvalue weighted by Gasteiger charge is 2.14. The molecule has 2 heterocycles. The lowest BCUT2D eigenvalue weighted by Crippen LogP contribution is -1.98. The van der Waals surface area contributed by atoms with Crippen LogP contribution in [-0.2, 0) is 0 Å². The number of H-pyrrole nitrogens is 1. The predicted octanol–water partition coefficient (Wildman–Crippen LogP) is 4.82. The highest BCUT2D eigenvalue weighted by Crippen LogP contribution is 2.38. The maximum absolute atomic E-state index is 6.07. The zero-order valence-electron chi connectivity index (χ0n) is 15.8. The number of aromatic amines is 1. The minimum atomic E-state index is 0.458. The van der Waals surface area contributed by atoms with E-state index < -0.39 is 0 Å². The summed E-state index contributed by atoms with van der Waals surface area (Å²) in [5.74, 6) is 3.68. The number of rotatable bonds is 6. The molecule has 0 unspecified atom stereocenters. The molecule has 0 saturated carbocycles. The average molecular weight is 376 g/mol. The topological polar surface area (TPSA) is 81.3 Å². The van der Waals surface area contributed by atoms with Crippen LogP contribution in [0, 0.1) is 6.92 Å². The van der Waals surface area contributed by atoms with Gasteiger partial charge in [0.15, 0.2) is 17.3 Å². The molecule has 142 valence electrons. The number of fused-ring (bicyclic) bond motifs is 1. The van der Waals surface area contributed by atoms with E-state index in [4.69, 9.17) is 14.2 Å². The number of para-hydroxylation sites is 1. The number of anilines is 2. The summed E-state index contributed by atoms with van der Waals surface area (Å²) in [6.07, 6.45) is 0. The Morgan fingerprint density at radius 2 is 1.64 bits per heavy atom. The fourth-order valence-corrected chi connectivity index (χ4v) is 2.90. The number of ether oxygens (including phenoxy) is 3. The van der Waals surface area contributed by atoms with Gasteiger partial charge >= 0.3 is 0 Å². The molecule has 0 aliphatic carbocycles. The van der Waals surface area contributed by atoms with Gasteiger partial charge in [0.1, 0.15) is 11.6 Å². The molecular weight excluding hydrogens is 356 g/mol. The highest BCUT2D eigenvalue weighted by molar-refractivity contribution is 5.92. The number of nitrogens with zero attached hydrogens (tertiary/aromatic N) is 2. The molecule has 2 aromatic heterocycles. The lowest BCUT2D eigenvalue weighted by Gasteiger charge is -2.14. The van der Waals surface area contributed by atoms with Crippen LogP contribution < -0.4 is 19.5 Å². The number of benzene rings is 2. The van der Waals surface area contributed by atoms with Gasteiger partial charge in [-0.15, -0.1) is 0 Å². The quantitative estimate of drug-likeness (QED) is 0.502. The average Bonchev–Trinajstić information content (AvgIpc) is 3.12. The van der Waals surface area contributed by atoms with E-state index >= 15 is 0 Å². The fraction of sp³-hybridized carbons (Fsp3) is 0.143. The second-order valence-corrected chi connectivity index (χ2v) is 6.22. The smallest absolute Gasteiger partial charge is 0.229 e. The molecule has 0 fully saturated rings. The number of aryl methyl sites for hydroxylation is 1. The lowest BCUT2D eigenvalue weighted by atomic mass is 10.1. The minimum absolute atomic E-state index is 0.458. The Balaban J connectivity index is 1.84. The predicted molar refractivity (Wildman–Crippen MR) is 108 cm³/mol. The third kappa shape index (κ3) is 3.55. The maximum Gasteiger partial charge on any atom is 0.229 e. The molecule has 4 rings (SSSR count). The Morgan fingerprint density at radius 1 is 0.893 bits per heavy atom. The number of pyridine rings is 1. The van der Waals surface area contributed by atoms with Gasteiger partial charge in [-0.25, -0.2) is 0 Å². The van der Waals surface area contributed by atoms with Crippen molar-refractivity contribution in [3.63, 3.8) is 0 Å². The number of hydrogen-bond donors (Lipinski definition) is 2. The van der Waals surface area contributed by atoms with Gasteiger partial charge in [0.25, 0.3) is 0 Å². The molecule has 0 radical (unpaired) electrons. The first kappa shape index (κ1) is 17.7. The van der Waals surface area contributed by atoms with Crippen molar-refractivity contribution in [3.8, 4) is 23.1 Å². The molecule has 0 amide bonds. The summed E-state index contributed by atoms with van der Waals surface area (Å²) in [6, 6.07) is 17.1. The SMILES string of the molecule is COc1cc2cc(Nc3cc(C)[nH]n3)nc(Oc3ccccc3)c2cc1OC. The Morgan fingerprint density at radius 3 is 2.32 bits per heavy atom. The third-order valence-electron chi connectivity index (χ3n) is 4.22. The van der Waals surface area contributed by atoms with Crippen LogP contribution in [0.15, 0.2) is 54.6 Å². The van der Waals surface area contributed by atoms with Gasteiger partial charge in [-0.1, -0.05) is 18.2 Å². The first-order chi connectivity index (χ1) is 13.7. The van der Waals surface area contributed by atoms with Crippen LogP contribution in [0.25, 0.3) is 10.8 Å². The van der Waals surface area contributed by atoms with Crippen molar-refractivity contribution in [2.75, 3.05) is 19.5 Å². The highest BCUT2D eigenvalue weighted by atomic mass is 16.5. The van der Waals surface area contributed by atoms with E-state index in [2.05, 4.69) is 20.5 Å². The van der Waals surface area contributed by atoms with Crippen LogP contribution in [0.5, 0.6) is 23.1 Å². The van der Waals surface area contributed by atoms with E-state index in [1.165, 1.54) is 0 Å². The molecule has 2 N–H and O–H groups in total. The van der Waals surface area contributed by atoms with Gasteiger partial charge in [0.05, 0.1) is 14.2 Å². The van der Waals surface area contributed by atoms with Crippen molar-refractivity contribution in [2.24, 2.45) is 0 Å². The second kappa shape index (κ2) is 7.48. The van der Waals surface area contributed by atoms with E-state index in [1.54, 1.807) is 14.2 Å². The van der Waals surface area contributed by atoms with E-state index in [0.717, 1.165) is 16.5 Å². The largest absolute Gasteiger partial charge is 0.493 e. The number of hydrogen-bond acceptors (Lipinski definition) is 6. The number of methoxy groups -OCH3 is 2. The van der Waals surface area contributed by atoms with Gasteiger partial charge in [0.2, 0.25) is 5.88 Å². The lowest BCUT2D eigenvalue weighted by molar-refractivity contribution is 0.355. The fourth-order valence-electron chi connectivity index (χ4n) is 2.90. The second-order valence-electron chi connectivity index (χ2n) is 6.22. The van der Waals surface area contributed by atoms with Crippen molar-refractivity contribution in [1.29, 1.82) is 0 Å².